The maximum absolute atomic E-state index is 12.7. The lowest BCUT2D eigenvalue weighted by atomic mass is 10.2. The van der Waals surface area contributed by atoms with Crippen molar-refractivity contribution in [1.29, 1.82) is 0 Å². The minimum Gasteiger partial charge on any atom is -0.352 e. The molecular weight excluding hydrogens is 358 g/mol. The van der Waals surface area contributed by atoms with Gasteiger partial charge in [0.25, 0.3) is 0 Å². The van der Waals surface area contributed by atoms with E-state index in [9.17, 15) is 13.2 Å². The van der Waals surface area contributed by atoms with E-state index in [0.29, 0.717) is 24.2 Å². The Morgan fingerprint density at radius 3 is 2.48 bits per heavy atom. The number of carbonyl (C=O) groups is 1. The normalized spacial score (nSPS) is 20.7. The molecule has 25 heavy (non-hydrogen) atoms. The van der Waals surface area contributed by atoms with Gasteiger partial charge in [0.1, 0.15) is 4.90 Å². The molecule has 0 radical (unpaired) electrons. The van der Waals surface area contributed by atoms with Gasteiger partial charge in [-0.05, 0) is 44.7 Å². The quantitative estimate of drug-likeness (QED) is 0.763. The van der Waals surface area contributed by atoms with E-state index >= 15 is 0 Å². The van der Waals surface area contributed by atoms with Gasteiger partial charge in [0.2, 0.25) is 15.9 Å². The van der Waals surface area contributed by atoms with E-state index in [0.717, 1.165) is 38.5 Å². The summed E-state index contributed by atoms with van der Waals surface area (Å²) in [5.41, 5.74) is 0. The summed E-state index contributed by atoms with van der Waals surface area (Å²) in [5.74, 6) is 0.00978. The molecule has 1 aliphatic carbocycles. The van der Waals surface area contributed by atoms with Crippen LogP contribution < -0.4 is 5.32 Å². The number of pyridine rings is 1. The third-order valence-corrected chi connectivity index (χ3v) is 7.44. The molecule has 6 nitrogen and oxygen atoms in total. The highest BCUT2D eigenvalue weighted by Crippen LogP contribution is 2.26. The number of hydrogen-bond donors (Lipinski definition) is 1. The van der Waals surface area contributed by atoms with Crippen molar-refractivity contribution in [3.63, 3.8) is 0 Å². The lowest BCUT2D eigenvalue weighted by Gasteiger charge is -2.19. The van der Waals surface area contributed by atoms with Crippen LogP contribution in [0, 0.1) is 0 Å². The highest BCUT2D eigenvalue weighted by molar-refractivity contribution is 8.00. The van der Waals surface area contributed by atoms with E-state index in [-0.39, 0.29) is 16.1 Å². The van der Waals surface area contributed by atoms with E-state index in [4.69, 9.17) is 0 Å². The number of rotatable bonds is 6. The summed E-state index contributed by atoms with van der Waals surface area (Å²) < 4.78 is 27.0. The highest BCUT2D eigenvalue weighted by atomic mass is 32.2. The van der Waals surface area contributed by atoms with Gasteiger partial charge in [-0.2, -0.15) is 4.31 Å². The van der Waals surface area contributed by atoms with Crippen LogP contribution in [0.3, 0.4) is 0 Å². The zero-order chi connectivity index (χ0) is 17.9. The molecule has 0 aromatic carbocycles. The molecule has 1 aromatic rings. The van der Waals surface area contributed by atoms with Gasteiger partial charge in [0.15, 0.2) is 0 Å². The predicted molar refractivity (Wildman–Crippen MR) is 97.9 cm³/mol. The maximum Gasteiger partial charge on any atom is 0.244 e. The third-order valence-electron chi connectivity index (χ3n) is 4.50. The van der Waals surface area contributed by atoms with Crippen LogP contribution in [0.4, 0.5) is 0 Å². The second-order valence-electron chi connectivity index (χ2n) is 6.69. The average Bonchev–Trinajstić information content (AvgIpc) is 3.41. The van der Waals surface area contributed by atoms with Crippen LogP contribution in [0.15, 0.2) is 28.3 Å². The lowest BCUT2D eigenvalue weighted by Crippen LogP contribution is -2.32. The van der Waals surface area contributed by atoms with Crippen molar-refractivity contribution in [3.05, 3.63) is 18.3 Å². The number of hydrogen-bond acceptors (Lipinski definition) is 5. The van der Waals surface area contributed by atoms with Crippen LogP contribution >= 0.6 is 11.8 Å². The fourth-order valence-electron chi connectivity index (χ4n) is 2.80. The number of thioether (sulfide) groups is 1. The zero-order valence-electron chi connectivity index (χ0n) is 14.5. The molecule has 8 heteroatoms. The Labute approximate surface area is 153 Å². The summed E-state index contributed by atoms with van der Waals surface area (Å²) in [6, 6.07) is 3.63. The second-order valence-corrected chi connectivity index (χ2v) is 9.99. The van der Waals surface area contributed by atoms with Crippen LogP contribution in [0.1, 0.15) is 45.4 Å². The molecular formula is C17H25N3O3S2. The Hall–Kier alpha value is -1.12. The Balaban J connectivity index is 1.63. The topological polar surface area (TPSA) is 79.4 Å². The van der Waals surface area contributed by atoms with Gasteiger partial charge in [0.05, 0.1) is 10.3 Å². The second kappa shape index (κ2) is 8.05. The largest absolute Gasteiger partial charge is 0.352 e. The van der Waals surface area contributed by atoms with Gasteiger partial charge in [0, 0.05) is 25.3 Å². The van der Waals surface area contributed by atoms with Gasteiger partial charge in [-0.3, -0.25) is 4.79 Å². The summed E-state index contributed by atoms with van der Waals surface area (Å²) >= 11 is 1.35. The standard InChI is InChI=1S/C17H25N3O3S2/c1-13(17(21)19-14-6-7-14)24-16-9-8-15(12-18-16)25(22,23)20-10-4-2-3-5-11-20/h8-9,12-14H,2-7,10-11H2,1H3,(H,19,21)/t13-/m1/s1. The smallest absolute Gasteiger partial charge is 0.244 e. The lowest BCUT2D eigenvalue weighted by molar-refractivity contribution is -0.120. The molecule has 0 spiro atoms. The fraction of sp³-hybridized carbons (Fsp3) is 0.647. The summed E-state index contributed by atoms with van der Waals surface area (Å²) in [6.45, 7) is 3.00. The van der Waals surface area contributed by atoms with Crippen molar-refractivity contribution in [2.75, 3.05) is 13.1 Å². The fourth-order valence-corrected chi connectivity index (χ4v) is 5.06. The van der Waals surface area contributed by atoms with E-state index in [2.05, 4.69) is 10.3 Å². The molecule has 0 bridgehead atoms. The molecule has 2 heterocycles. The molecule has 2 aliphatic rings. The summed E-state index contributed by atoms with van der Waals surface area (Å²) in [6.07, 6.45) is 7.52. The first-order valence-corrected chi connectivity index (χ1v) is 11.2. The first-order valence-electron chi connectivity index (χ1n) is 8.90. The average molecular weight is 384 g/mol. The van der Waals surface area contributed by atoms with E-state index in [1.165, 1.54) is 18.0 Å². The molecule has 3 rings (SSSR count). The SMILES string of the molecule is C[C@@H](Sc1ccc(S(=O)(=O)N2CCCCCC2)cn1)C(=O)NC1CC1. The minimum atomic E-state index is -3.47. The number of sulfonamides is 1. The first-order chi connectivity index (χ1) is 12.0. The summed E-state index contributed by atoms with van der Waals surface area (Å²) in [5, 5.41) is 3.38. The molecule has 1 aromatic heterocycles. The van der Waals surface area contributed by atoms with Gasteiger partial charge in [-0.15, -0.1) is 0 Å². The Morgan fingerprint density at radius 1 is 1.24 bits per heavy atom. The van der Waals surface area contributed by atoms with Crippen molar-refractivity contribution in [3.8, 4) is 0 Å². The minimum absolute atomic E-state index is 0.00978. The predicted octanol–water partition coefficient (Wildman–Crippen LogP) is 2.41. The van der Waals surface area contributed by atoms with Gasteiger partial charge in [-0.1, -0.05) is 24.6 Å². The number of carbonyl (C=O) groups excluding carboxylic acids is 1. The highest BCUT2D eigenvalue weighted by Gasteiger charge is 2.27. The Morgan fingerprint density at radius 2 is 1.92 bits per heavy atom. The van der Waals surface area contributed by atoms with Crippen molar-refractivity contribution in [2.24, 2.45) is 0 Å². The Bertz CT molecular complexity index is 694. The van der Waals surface area contributed by atoms with Crippen molar-refractivity contribution in [1.82, 2.24) is 14.6 Å². The number of nitrogens with one attached hydrogen (secondary N) is 1. The van der Waals surface area contributed by atoms with Crippen molar-refractivity contribution >= 4 is 27.7 Å². The van der Waals surface area contributed by atoms with Crippen LogP contribution in [0.2, 0.25) is 0 Å². The van der Waals surface area contributed by atoms with Crippen LogP contribution in [0.25, 0.3) is 0 Å². The molecule has 1 aliphatic heterocycles. The number of nitrogens with zero attached hydrogens (tertiary/aromatic N) is 2. The molecule has 1 atom stereocenters. The van der Waals surface area contributed by atoms with Crippen molar-refractivity contribution < 1.29 is 13.2 Å². The molecule has 1 saturated heterocycles. The van der Waals surface area contributed by atoms with Gasteiger partial charge >= 0.3 is 0 Å². The Kier molecular flexibility index (Phi) is 6.01. The molecule has 1 N–H and O–H groups in total. The summed E-state index contributed by atoms with van der Waals surface area (Å²) in [7, 11) is -3.47. The molecule has 1 amide bonds. The first kappa shape index (κ1) is 18.7. The third kappa shape index (κ3) is 4.95. The molecule has 138 valence electrons. The van der Waals surface area contributed by atoms with Crippen LogP contribution in [-0.2, 0) is 14.8 Å². The monoisotopic (exact) mass is 383 g/mol. The molecule has 1 saturated carbocycles. The summed E-state index contributed by atoms with van der Waals surface area (Å²) in [4.78, 5) is 16.5. The zero-order valence-corrected chi connectivity index (χ0v) is 16.1. The maximum atomic E-state index is 12.7. The number of amides is 1. The number of aromatic nitrogens is 1. The van der Waals surface area contributed by atoms with E-state index in [1.807, 2.05) is 6.92 Å². The molecule has 2 fully saturated rings. The van der Waals surface area contributed by atoms with Gasteiger partial charge in [-0.25, -0.2) is 13.4 Å². The van der Waals surface area contributed by atoms with Crippen LogP contribution in [0.5, 0.6) is 0 Å². The van der Waals surface area contributed by atoms with E-state index < -0.39 is 10.0 Å². The van der Waals surface area contributed by atoms with E-state index in [1.54, 1.807) is 16.4 Å². The molecule has 0 unspecified atom stereocenters. The van der Waals surface area contributed by atoms with Gasteiger partial charge < -0.3 is 5.32 Å². The van der Waals surface area contributed by atoms with Crippen LogP contribution in [-0.4, -0.2) is 48.0 Å². The van der Waals surface area contributed by atoms with Crippen molar-refractivity contribution in [2.45, 2.75) is 66.7 Å².